The Morgan fingerprint density at radius 1 is 1.09 bits per heavy atom. The third-order valence-electron chi connectivity index (χ3n) is 6.05. The number of carbonyl (C=O) groups is 2. The molecule has 1 aliphatic rings. The lowest BCUT2D eigenvalue weighted by Crippen LogP contribution is -2.52. The molecule has 1 fully saturated rings. The number of nitrogens with one attached hydrogen (secondary N) is 1. The highest BCUT2D eigenvalue weighted by atomic mass is 19.1. The highest BCUT2D eigenvalue weighted by Crippen LogP contribution is 2.20. The zero-order valence-corrected chi connectivity index (χ0v) is 19.0. The van der Waals surface area contributed by atoms with Gasteiger partial charge in [-0.25, -0.2) is 4.39 Å². The molecule has 2 amide bonds. The maximum Gasteiger partial charge on any atom is 0.261 e. The molecular formula is C26H33FN2O3. The summed E-state index contributed by atoms with van der Waals surface area (Å²) in [6.45, 7) is 3.87. The maximum atomic E-state index is 13.4. The van der Waals surface area contributed by atoms with Gasteiger partial charge in [-0.2, -0.15) is 0 Å². The topological polar surface area (TPSA) is 58.6 Å². The van der Waals surface area contributed by atoms with Crippen molar-refractivity contribution < 1.29 is 18.7 Å². The number of hydrogen-bond acceptors (Lipinski definition) is 3. The van der Waals surface area contributed by atoms with Crippen LogP contribution in [0.5, 0.6) is 5.75 Å². The molecule has 32 heavy (non-hydrogen) atoms. The number of para-hydroxylation sites is 1. The van der Waals surface area contributed by atoms with E-state index in [4.69, 9.17) is 4.74 Å². The molecule has 0 radical (unpaired) electrons. The van der Waals surface area contributed by atoms with Gasteiger partial charge in [-0.15, -0.1) is 0 Å². The molecule has 5 nitrogen and oxygen atoms in total. The van der Waals surface area contributed by atoms with Crippen molar-refractivity contribution in [1.29, 1.82) is 0 Å². The van der Waals surface area contributed by atoms with Crippen LogP contribution >= 0.6 is 0 Å². The average molecular weight is 441 g/mol. The molecule has 0 unspecified atom stereocenters. The van der Waals surface area contributed by atoms with Crippen molar-refractivity contribution >= 4 is 11.8 Å². The number of halogens is 1. The minimum absolute atomic E-state index is 0.134. The Balaban J connectivity index is 1.75. The van der Waals surface area contributed by atoms with Crippen molar-refractivity contribution in [3.05, 3.63) is 65.5 Å². The van der Waals surface area contributed by atoms with Crippen LogP contribution in [-0.2, 0) is 16.1 Å². The molecule has 0 bridgehead atoms. The fraction of sp³-hybridized carbons (Fsp3) is 0.462. The van der Waals surface area contributed by atoms with Gasteiger partial charge in [-0.05, 0) is 55.5 Å². The first-order valence-electron chi connectivity index (χ1n) is 11.5. The second-order valence-electron chi connectivity index (χ2n) is 8.47. The normalized spacial score (nSPS) is 15.1. The number of benzene rings is 2. The van der Waals surface area contributed by atoms with Crippen LogP contribution in [0.15, 0.2) is 48.5 Å². The summed E-state index contributed by atoms with van der Waals surface area (Å²) in [5.74, 6) is -0.104. The highest BCUT2D eigenvalue weighted by molar-refractivity contribution is 5.88. The largest absolute Gasteiger partial charge is 0.484 e. The third-order valence-corrected chi connectivity index (χ3v) is 6.05. The molecule has 172 valence electrons. The third kappa shape index (κ3) is 6.55. The molecular weight excluding hydrogens is 407 g/mol. The van der Waals surface area contributed by atoms with Gasteiger partial charge in [0.25, 0.3) is 5.91 Å². The molecule has 0 aromatic heterocycles. The van der Waals surface area contributed by atoms with Crippen LogP contribution in [0.4, 0.5) is 4.39 Å². The van der Waals surface area contributed by atoms with E-state index in [1.165, 1.54) is 18.6 Å². The summed E-state index contributed by atoms with van der Waals surface area (Å²) >= 11 is 0. The predicted molar refractivity (Wildman–Crippen MR) is 123 cm³/mol. The minimum Gasteiger partial charge on any atom is -0.484 e. The van der Waals surface area contributed by atoms with Crippen molar-refractivity contribution in [2.45, 2.75) is 71.0 Å². The fourth-order valence-corrected chi connectivity index (χ4v) is 4.19. The van der Waals surface area contributed by atoms with Gasteiger partial charge in [0.1, 0.15) is 17.6 Å². The van der Waals surface area contributed by atoms with Crippen LogP contribution in [0.25, 0.3) is 0 Å². The lowest BCUT2D eigenvalue weighted by molar-refractivity contribution is -0.143. The predicted octanol–water partition coefficient (Wildman–Crippen LogP) is 4.77. The van der Waals surface area contributed by atoms with E-state index >= 15 is 0 Å². The zero-order chi connectivity index (χ0) is 22.9. The van der Waals surface area contributed by atoms with E-state index in [1.807, 2.05) is 38.1 Å². The SMILES string of the molecule is CC[C@@H](C(=O)NC1CCCCC1)N(Cc1ccc(F)cc1)C(=O)COc1ccccc1C. The molecule has 6 heteroatoms. The summed E-state index contributed by atoms with van der Waals surface area (Å²) in [5, 5.41) is 3.15. The summed E-state index contributed by atoms with van der Waals surface area (Å²) in [5.41, 5.74) is 1.70. The number of carbonyl (C=O) groups excluding carboxylic acids is 2. The number of rotatable bonds is 9. The van der Waals surface area contributed by atoms with Crippen LogP contribution in [-0.4, -0.2) is 35.4 Å². The number of nitrogens with zero attached hydrogens (tertiary/aromatic N) is 1. The Kier molecular flexibility index (Phi) is 8.65. The smallest absolute Gasteiger partial charge is 0.261 e. The first-order valence-corrected chi connectivity index (χ1v) is 11.5. The average Bonchev–Trinajstić information content (AvgIpc) is 2.80. The summed E-state index contributed by atoms with van der Waals surface area (Å²) < 4.78 is 19.2. The molecule has 1 saturated carbocycles. The van der Waals surface area contributed by atoms with Crippen LogP contribution in [0.1, 0.15) is 56.6 Å². The highest BCUT2D eigenvalue weighted by Gasteiger charge is 2.30. The summed E-state index contributed by atoms with van der Waals surface area (Å²) in [6.07, 6.45) is 5.87. The van der Waals surface area contributed by atoms with E-state index < -0.39 is 6.04 Å². The van der Waals surface area contributed by atoms with E-state index in [2.05, 4.69) is 5.32 Å². The Labute approximate surface area is 190 Å². The van der Waals surface area contributed by atoms with Crippen LogP contribution < -0.4 is 10.1 Å². The molecule has 0 heterocycles. The monoisotopic (exact) mass is 440 g/mol. The van der Waals surface area contributed by atoms with Crippen molar-refractivity contribution in [2.24, 2.45) is 0 Å². The van der Waals surface area contributed by atoms with Gasteiger partial charge in [0.05, 0.1) is 0 Å². The number of hydrogen-bond donors (Lipinski definition) is 1. The lowest BCUT2D eigenvalue weighted by atomic mass is 9.95. The molecule has 2 aromatic carbocycles. The Hall–Kier alpha value is -2.89. The van der Waals surface area contributed by atoms with E-state index in [0.717, 1.165) is 36.8 Å². The van der Waals surface area contributed by atoms with E-state index in [0.29, 0.717) is 12.2 Å². The van der Waals surface area contributed by atoms with Gasteiger partial charge in [0.15, 0.2) is 6.61 Å². The molecule has 2 aromatic rings. The second kappa shape index (κ2) is 11.7. The van der Waals surface area contributed by atoms with Crippen molar-refractivity contribution in [3.63, 3.8) is 0 Å². The van der Waals surface area contributed by atoms with Gasteiger partial charge in [-0.1, -0.05) is 56.5 Å². The van der Waals surface area contributed by atoms with E-state index in [-0.39, 0.29) is 36.8 Å². The second-order valence-corrected chi connectivity index (χ2v) is 8.47. The number of aryl methyl sites for hydroxylation is 1. The van der Waals surface area contributed by atoms with Crippen molar-refractivity contribution in [2.75, 3.05) is 6.61 Å². The molecule has 1 aliphatic carbocycles. The first kappa shape index (κ1) is 23.8. The van der Waals surface area contributed by atoms with Crippen LogP contribution in [0, 0.1) is 12.7 Å². The Morgan fingerprint density at radius 2 is 1.78 bits per heavy atom. The zero-order valence-electron chi connectivity index (χ0n) is 19.0. The summed E-state index contributed by atoms with van der Waals surface area (Å²) in [4.78, 5) is 28.0. The maximum absolute atomic E-state index is 13.4. The summed E-state index contributed by atoms with van der Waals surface area (Å²) in [7, 11) is 0. The van der Waals surface area contributed by atoms with E-state index in [9.17, 15) is 14.0 Å². The molecule has 0 aliphatic heterocycles. The number of ether oxygens (including phenoxy) is 1. The molecule has 3 rings (SSSR count). The van der Waals surface area contributed by atoms with Crippen molar-refractivity contribution in [3.8, 4) is 5.75 Å². The van der Waals surface area contributed by atoms with Crippen LogP contribution in [0.3, 0.4) is 0 Å². The first-order chi connectivity index (χ1) is 15.5. The van der Waals surface area contributed by atoms with Gasteiger partial charge in [0.2, 0.25) is 5.91 Å². The minimum atomic E-state index is -0.616. The fourth-order valence-electron chi connectivity index (χ4n) is 4.19. The van der Waals surface area contributed by atoms with Crippen molar-refractivity contribution in [1.82, 2.24) is 10.2 Å². The standard InChI is InChI=1S/C26H33FN2O3/c1-3-23(26(31)28-22-10-5-4-6-11-22)29(17-20-13-15-21(27)16-14-20)25(30)18-32-24-12-8-7-9-19(24)2/h7-9,12-16,22-23H,3-6,10-11,17-18H2,1-2H3,(H,28,31)/t23-/m0/s1. The molecule has 0 spiro atoms. The van der Waals surface area contributed by atoms with Gasteiger partial charge >= 0.3 is 0 Å². The Morgan fingerprint density at radius 3 is 2.44 bits per heavy atom. The van der Waals surface area contributed by atoms with Gasteiger partial charge in [-0.3, -0.25) is 9.59 Å². The van der Waals surface area contributed by atoms with Gasteiger partial charge < -0.3 is 15.0 Å². The van der Waals surface area contributed by atoms with Gasteiger partial charge in [0, 0.05) is 12.6 Å². The molecule has 1 N–H and O–H groups in total. The lowest BCUT2D eigenvalue weighted by Gasteiger charge is -2.32. The van der Waals surface area contributed by atoms with E-state index in [1.54, 1.807) is 17.0 Å². The number of amides is 2. The summed E-state index contributed by atoms with van der Waals surface area (Å²) in [6, 6.07) is 13.1. The molecule has 1 atom stereocenters. The molecule has 0 saturated heterocycles. The Bertz CT molecular complexity index is 894. The quantitative estimate of drug-likeness (QED) is 0.611. The van der Waals surface area contributed by atoms with Crippen LogP contribution in [0.2, 0.25) is 0 Å².